The van der Waals surface area contributed by atoms with Crippen LogP contribution in [0.4, 0.5) is 0 Å². The summed E-state index contributed by atoms with van der Waals surface area (Å²) in [6, 6.07) is 0. The molecule has 0 radical (unpaired) electrons. The van der Waals surface area contributed by atoms with E-state index in [4.69, 9.17) is 0 Å². The Morgan fingerprint density at radius 2 is 1.90 bits per heavy atom. The Bertz CT molecular complexity index is 103. The van der Waals surface area contributed by atoms with Gasteiger partial charge in [-0.2, -0.15) is 0 Å². The lowest BCUT2D eigenvalue weighted by atomic mass is 10.6. The molecule has 64 valence electrons. The second-order valence-corrected chi connectivity index (χ2v) is 3.55. The van der Waals surface area contributed by atoms with E-state index in [0.29, 0.717) is 6.42 Å². The predicted molar refractivity (Wildman–Crippen MR) is 41.1 cm³/mol. The van der Waals surface area contributed by atoms with E-state index in [9.17, 15) is 9.46 Å². The average Bonchev–Trinajstić information content (AvgIpc) is 1.93. The molecule has 0 aliphatic rings. The summed E-state index contributed by atoms with van der Waals surface area (Å²) < 4.78 is 14.6. The van der Waals surface area contributed by atoms with Crippen molar-refractivity contribution in [2.75, 3.05) is 13.3 Å². The second kappa shape index (κ2) is 7.26. The SMILES string of the molecule is CC.CCCP(=O)([O-])OC. The first-order valence-corrected chi connectivity index (χ1v) is 5.21. The van der Waals surface area contributed by atoms with Crippen LogP contribution in [0.5, 0.6) is 0 Å². The topological polar surface area (TPSA) is 49.4 Å². The lowest BCUT2D eigenvalue weighted by molar-refractivity contribution is -0.196. The van der Waals surface area contributed by atoms with Gasteiger partial charge in [0.25, 0.3) is 0 Å². The molecule has 3 nitrogen and oxygen atoms in total. The molecule has 0 amide bonds. The summed E-state index contributed by atoms with van der Waals surface area (Å²) in [4.78, 5) is 10.4. The van der Waals surface area contributed by atoms with E-state index in [1.165, 1.54) is 7.11 Å². The molecular formula is C6H16O3P-. The fourth-order valence-electron chi connectivity index (χ4n) is 0.365. The van der Waals surface area contributed by atoms with Gasteiger partial charge in [0.2, 0.25) is 0 Å². The standard InChI is InChI=1S/C4H11O3P.C2H6/c1-3-4-8(5,6)7-2;1-2/h3-4H2,1-2H3,(H,5,6);1-2H3/p-1. The molecule has 4 heteroatoms. The van der Waals surface area contributed by atoms with E-state index < -0.39 is 7.60 Å². The molecule has 0 aromatic rings. The van der Waals surface area contributed by atoms with Gasteiger partial charge < -0.3 is 14.0 Å². The van der Waals surface area contributed by atoms with E-state index in [1.54, 1.807) is 6.92 Å². The summed E-state index contributed by atoms with van der Waals surface area (Å²) in [7, 11) is -2.24. The highest BCUT2D eigenvalue weighted by molar-refractivity contribution is 7.51. The van der Waals surface area contributed by atoms with Gasteiger partial charge in [0.15, 0.2) is 0 Å². The summed E-state index contributed by atoms with van der Waals surface area (Å²) in [5, 5.41) is 0. The molecule has 0 spiro atoms. The summed E-state index contributed by atoms with van der Waals surface area (Å²) in [6.07, 6.45) is 0.762. The highest BCUT2D eigenvalue weighted by Crippen LogP contribution is 2.35. The minimum absolute atomic E-state index is 0.142. The Morgan fingerprint density at radius 3 is 2.00 bits per heavy atom. The minimum atomic E-state index is -3.42. The van der Waals surface area contributed by atoms with Gasteiger partial charge >= 0.3 is 0 Å². The quantitative estimate of drug-likeness (QED) is 0.600. The summed E-state index contributed by atoms with van der Waals surface area (Å²) in [6.45, 7) is 5.80. The van der Waals surface area contributed by atoms with Crippen molar-refractivity contribution < 1.29 is 14.0 Å². The van der Waals surface area contributed by atoms with Crippen LogP contribution < -0.4 is 4.89 Å². The maximum atomic E-state index is 10.4. The van der Waals surface area contributed by atoms with Crippen LogP contribution in [0.25, 0.3) is 0 Å². The molecule has 0 bridgehead atoms. The van der Waals surface area contributed by atoms with Gasteiger partial charge in [0.05, 0.1) is 0 Å². The fraction of sp³-hybridized carbons (Fsp3) is 1.00. The normalized spacial score (nSPS) is 14.9. The van der Waals surface area contributed by atoms with Gasteiger partial charge in [-0.05, 0) is 6.42 Å². The Morgan fingerprint density at radius 1 is 1.50 bits per heavy atom. The Balaban J connectivity index is 0. The summed E-state index contributed by atoms with van der Waals surface area (Å²) in [5.74, 6) is 0. The molecule has 1 unspecified atom stereocenters. The molecule has 0 heterocycles. The van der Waals surface area contributed by atoms with Gasteiger partial charge in [0.1, 0.15) is 7.60 Å². The van der Waals surface area contributed by atoms with Crippen molar-refractivity contribution in [2.45, 2.75) is 27.2 Å². The van der Waals surface area contributed by atoms with Gasteiger partial charge in [-0.15, -0.1) is 0 Å². The predicted octanol–water partition coefficient (Wildman–Crippen LogP) is 1.62. The van der Waals surface area contributed by atoms with Crippen LogP contribution in [0.3, 0.4) is 0 Å². The summed E-state index contributed by atoms with van der Waals surface area (Å²) >= 11 is 0. The highest BCUT2D eigenvalue weighted by Gasteiger charge is 2.00. The van der Waals surface area contributed by atoms with Crippen LogP contribution >= 0.6 is 7.60 Å². The number of rotatable bonds is 3. The molecule has 0 saturated heterocycles. The Hall–Kier alpha value is 0.150. The van der Waals surface area contributed by atoms with Crippen LogP contribution in [0.1, 0.15) is 27.2 Å². The van der Waals surface area contributed by atoms with Gasteiger partial charge in [0, 0.05) is 13.3 Å². The molecule has 0 aliphatic carbocycles. The zero-order valence-electron chi connectivity index (χ0n) is 7.09. The van der Waals surface area contributed by atoms with Crippen LogP contribution in [-0.2, 0) is 9.09 Å². The monoisotopic (exact) mass is 167 g/mol. The first kappa shape index (κ1) is 12.8. The van der Waals surface area contributed by atoms with Crippen LogP contribution in [0, 0.1) is 0 Å². The van der Waals surface area contributed by atoms with Crippen LogP contribution in [-0.4, -0.2) is 13.3 Å². The fourth-order valence-corrected chi connectivity index (χ4v) is 1.10. The van der Waals surface area contributed by atoms with Crippen LogP contribution in [0.15, 0.2) is 0 Å². The molecular weight excluding hydrogens is 151 g/mol. The zero-order chi connectivity index (χ0) is 8.62. The van der Waals surface area contributed by atoms with Crippen molar-refractivity contribution in [3.63, 3.8) is 0 Å². The molecule has 0 fully saturated rings. The maximum Gasteiger partial charge on any atom is 0.134 e. The van der Waals surface area contributed by atoms with Crippen molar-refractivity contribution in [1.82, 2.24) is 0 Å². The first-order valence-electron chi connectivity index (χ1n) is 3.48. The van der Waals surface area contributed by atoms with E-state index in [-0.39, 0.29) is 6.16 Å². The molecule has 0 aromatic carbocycles. The van der Waals surface area contributed by atoms with Gasteiger partial charge in [-0.25, -0.2) is 0 Å². The maximum absolute atomic E-state index is 10.4. The van der Waals surface area contributed by atoms with Gasteiger partial charge in [-0.1, -0.05) is 20.8 Å². The number of hydrogen-bond acceptors (Lipinski definition) is 3. The third-order valence-corrected chi connectivity index (χ3v) is 2.33. The Labute approximate surface area is 62.9 Å². The first-order chi connectivity index (χ1) is 4.62. The third kappa shape index (κ3) is 8.15. The van der Waals surface area contributed by atoms with Crippen LogP contribution in [0.2, 0.25) is 0 Å². The third-order valence-electron chi connectivity index (χ3n) is 0.776. The van der Waals surface area contributed by atoms with Crippen molar-refractivity contribution in [3.05, 3.63) is 0 Å². The largest absolute Gasteiger partial charge is 0.779 e. The summed E-state index contributed by atoms with van der Waals surface area (Å²) in [5.41, 5.74) is 0. The molecule has 0 rings (SSSR count). The lowest BCUT2D eigenvalue weighted by Crippen LogP contribution is -2.05. The average molecular weight is 167 g/mol. The van der Waals surface area contributed by atoms with E-state index in [0.717, 1.165) is 0 Å². The minimum Gasteiger partial charge on any atom is -0.779 e. The highest BCUT2D eigenvalue weighted by atomic mass is 31.2. The van der Waals surface area contributed by atoms with Crippen molar-refractivity contribution >= 4 is 7.60 Å². The molecule has 0 aliphatic heterocycles. The van der Waals surface area contributed by atoms with E-state index in [1.807, 2.05) is 13.8 Å². The molecule has 0 aromatic heterocycles. The molecule has 0 saturated carbocycles. The number of hydrogen-bond donors (Lipinski definition) is 0. The second-order valence-electron chi connectivity index (χ2n) is 1.52. The molecule has 1 atom stereocenters. The molecule has 0 N–H and O–H groups in total. The van der Waals surface area contributed by atoms with Gasteiger partial charge in [-0.3, -0.25) is 0 Å². The molecule has 10 heavy (non-hydrogen) atoms. The van der Waals surface area contributed by atoms with Crippen molar-refractivity contribution in [1.29, 1.82) is 0 Å². The van der Waals surface area contributed by atoms with E-state index in [2.05, 4.69) is 4.52 Å². The Kier molecular flexibility index (Phi) is 9.29. The van der Waals surface area contributed by atoms with Crippen molar-refractivity contribution in [3.8, 4) is 0 Å². The smallest absolute Gasteiger partial charge is 0.134 e. The van der Waals surface area contributed by atoms with E-state index >= 15 is 0 Å². The zero-order valence-corrected chi connectivity index (χ0v) is 7.98. The van der Waals surface area contributed by atoms with Crippen molar-refractivity contribution in [2.24, 2.45) is 0 Å². The lowest BCUT2D eigenvalue weighted by Gasteiger charge is -2.18.